The molecule has 1 aromatic rings. The highest BCUT2D eigenvalue weighted by Crippen LogP contribution is 2.21. The number of carboxylic acids is 1. The van der Waals surface area contributed by atoms with Gasteiger partial charge in [0.1, 0.15) is 0 Å². The Bertz CT molecular complexity index is 364. The van der Waals surface area contributed by atoms with Crippen molar-refractivity contribution in [1.82, 2.24) is 0 Å². The van der Waals surface area contributed by atoms with Gasteiger partial charge in [0.25, 0.3) is 0 Å². The lowest BCUT2D eigenvalue weighted by molar-refractivity contribution is 0.0697. The highest BCUT2D eigenvalue weighted by atomic mass is 16.4. The SMILES string of the molecule is O=C(O)c1ccc(NC2CCCCCC2)cc1. The minimum atomic E-state index is -0.869. The van der Waals surface area contributed by atoms with E-state index in [1.54, 1.807) is 12.1 Å². The molecule has 0 aromatic heterocycles. The Hall–Kier alpha value is -1.51. The first-order valence-corrected chi connectivity index (χ1v) is 6.35. The summed E-state index contributed by atoms with van der Waals surface area (Å²) in [6.45, 7) is 0. The molecule has 2 rings (SSSR count). The normalized spacial score (nSPS) is 17.4. The third-order valence-electron chi connectivity index (χ3n) is 3.36. The van der Waals surface area contributed by atoms with E-state index in [4.69, 9.17) is 5.11 Å². The van der Waals surface area contributed by atoms with Crippen LogP contribution in [0.3, 0.4) is 0 Å². The molecule has 0 saturated heterocycles. The van der Waals surface area contributed by atoms with Crippen LogP contribution in [-0.2, 0) is 0 Å². The predicted octanol–water partition coefficient (Wildman–Crippen LogP) is 3.52. The molecule has 0 heterocycles. The first-order valence-electron chi connectivity index (χ1n) is 6.35. The first-order chi connectivity index (χ1) is 8.25. The number of aromatic carboxylic acids is 1. The minimum Gasteiger partial charge on any atom is -0.478 e. The fourth-order valence-corrected chi connectivity index (χ4v) is 2.37. The van der Waals surface area contributed by atoms with Crippen LogP contribution in [0.5, 0.6) is 0 Å². The molecule has 1 saturated carbocycles. The molecule has 3 heteroatoms. The Kier molecular flexibility index (Phi) is 4.02. The minimum absolute atomic E-state index is 0.344. The van der Waals surface area contributed by atoms with Gasteiger partial charge in [-0.25, -0.2) is 4.79 Å². The van der Waals surface area contributed by atoms with E-state index in [1.165, 1.54) is 38.5 Å². The van der Waals surface area contributed by atoms with E-state index < -0.39 is 5.97 Å². The third-order valence-corrected chi connectivity index (χ3v) is 3.36. The lowest BCUT2D eigenvalue weighted by Gasteiger charge is -2.17. The van der Waals surface area contributed by atoms with E-state index in [9.17, 15) is 4.79 Å². The van der Waals surface area contributed by atoms with E-state index >= 15 is 0 Å². The number of nitrogens with one attached hydrogen (secondary N) is 1. The Morgan fingerprint density at radius 3 is 2.18 bits per heavy atom. The summed E-state index contributed by atoms with van der Waals surface area (Å²) in [7, 11) is 0. The largest absolute Gasteiger partial charge is 0.478 e. The van der Waals surface area contributed by atoms with Gasteiger partial charge in [-0.2, -0.15) is 0 Å². The monoisotopic (exact) mass is 233 g/mol. The molecule has 0 aliphatic heterocycles. The van der Waals surface area contributed by atoms with E-state index in [-0.39, 0.29) is 0 Å². The molecule has 1 aromatic carbocycles. The van der Waals surface area contributed by atoms with E-state index in [1.807, 2.05) is 12.1 Å². The van der Waals surface area contributed by atoms with Crippen LogP contribution >= 0.6 is 0 Å². The zero-order valence-electron chi connectivity index (χ0n) is 9.98. The van der Waals surface area contributed by atoms with Gasteiger partial charge in [0, 0.05) is 11.7 Å². The van der Waals surface area contributed by atoms with Gasteiger partial charge in [-0.1, -0.05) is 25.7 Å². The van der Waals surface area contributed by atoms with Crippen LogP contribution in [0.1, 0.15) is 48.9 Å². The summed E-state index contributed by atoms with van der Waals surface area (Å²) in [5.74, 6) is -0.869. The summed E-state index contributed by atoms with van der Waals surface area (Å²) < 4.78 is 0. The second-order valence-corrected chi connectivity index (χ2v) is 4.72. The van der Waals surface area contributed by atoms with E-state index in [0.717, 1.165) is 5.69 Å². The molecule has 1 aliphatic rings. The van der Waals surface area contributed by atoms with E-state index in [0.29, 0.717) is 11.6 Å². The molecule has 0 amide bonds. The molecule has 1 aliphatic carbocycles. The van der Waals surface area contributed by atoms with Gasteiger partial charge in [-0.15, -0.1) is 0 Å². The average molecular weight is 233 g/mol. The maximum Gasteiger partial charge on any atom is 0.335 e. The fraction of sp³-hybridized carbons (Fsp3) is 0.500. The Balaban J connectivity index is 1.95. The van der Waals surface area contributed by atoms with Gasteiger partial charge in [0.15, 0.2) is 0 Å². The number of hydrogen-bond acceptors (Lipinski definition) is 2. The molecule has 2 N–H and O–H groups in total. The number of rotatable bonds is 3. The topological polar surface area (TPSA) is 49.3 Å². The number of anilines is 1. The van der Waals surface area contributed by atoms with Crippen molar-refractivity contribution in [2.45, 2.75) is 44.6 Å². The Morgan fingerprint density at radius 1 is 1.06 bits per heavy atom. The molecule has 0 unspecified atom stereocenters. The second-order valence-electron chi connectivity index (χ2n) is 4.72. The van der Waals surface area contributed by atoms with Crippen molar-refractivity contribution in [2.24, 2.45) is 0 Å². The highest BCUT2D eigenvalue weighted by molar-refractivity contribution is 5.87. The predicted molar refractivity (Wildman–Crippen MR) is 68.5 cm³/mol. The standard InChI is InChI=1S/C14H19NO2/c16-14(17)11-7-9-13(10-8-11)15-12-5-3-1-2-4-6-12/h7-10,12,15H,1-6H2,(H,16,17). The number of carbonyl (C=O) groups is 1. The van der Waals surface area contributed by atoms with Gasteiger partial charge >= 0.3 is 5.97 Å². The van der Waals surface area contributed by atoms with E-state index in [2.05, 4.69) is 5.32 Å². The van der Waals surface area contributed by atoms with Crippen LogP contribution in [0.4, 0.5) is 5.69 Å². The lowest BCUT2D eigenvalue weighted by atomic mass is 10.1. The van der Waals surface area contributed by atoms with Gasteiger partial charge < -0.3 is 10.4 Å². The molecule has 92 valence electrons. The van der Waals surface area contributed by atoms with Crippen molar-refractivity contribution in [3.8, 4) is 0 Å². The van der Waals surface area contributed by atoms with Gasteiger partial charge in [-0.05, 0) is 37.1 Å². The van der Waals surface area contributed by atoms with Crippen LogP contribution in [0.25, 0.3) is 0 Å². The van der Waals surface area contributed by atoms with Crippen molar-refractivity contribution in [3.63, 3.8) is 0 Å². The summed E-state index contributed by atoms with van der Waals surface area (Å²) in [4.78, 5) is 10.7. The summed E-state index contributed by atoms with van der Waals surface area (Å²) >= 11 is 0. The highest BCUT2D eigenvalue weighted by Gasteiger charge is 2.11. The lowest BCUT2D eigenvalue weighted by Crippen LogP contribution is -2.18. The molecule has 3 nitrogen and oxygen atoms in total. The molecular formula is C14H19NO2. The average Bonchev–Trinajstić information content (AvgIpc) is 2.58. The maximum absolute atomic E-state index is 10.7. The van der Waals surface area contributed by atoms with Crippen molar-refractivity contribution in [3.05, 3.63) is 29.8 Å². The number of benzene rings is 1. The summed E-state index contributed by atoms with van der Waals surface area (Å²) in [5, 5.41) is 12.3. The van der Waals surface area contributed by atoms with Crippen LogP contribution in [0.2, 0.25) is 0 Å². The molecule has 17 heavy (non-hydrogen) atoms. The van der Waals surface area contributed by atoms with Gasteiger partial charge in [-0.3, -0.25) is 0 Å². The van der Waals surface area contributed by atoms with Crippen LogP contribution in [0, 0.1) is 0 Å². The quantitative estimate of drug-likeness (QED) is 0.785. The van der Waals surface area contributed by atoms with Crippen molar-refractivity contribution >= 4 is 11.7 Å². The van der Waals surface area contributed by atoms with Crippen molar-refractivity contribution in [2.75, 3.05) is 5.32 Å². The Morgan fingerprint density at radius 2 is 1.65 bits per heavy atom. The molecule has 0 spiro atoms. The zero-order valence-corrected chi connectivity index (χ0v) is 9.98. The van der Waals surface area contributed by atoms with Crippen LogP contribution in [0.15, 0.2) is 24.3 Å². The molecular weight excluding hydrogens is 214 g/mol. The van der Waals surface area contributed by atoms with Gasteiger partial charge in [0.2, 0.25) is 0 Å². The van der Waals surface area contributed by atoms with Gasteiger partial charge in [0.05, 0.1) is 5.56 Å². The summed E-state index contributed by atoms with van der Waals surface area (Å²) in [5.41, 5.74) is 1.37. The maximum atomic E-state index is 10.7. The molecule has 0 bridgehead atoms. The molecule has 0 radical (unpaired) electrons. The first kappa shape index (κ1) is 12.0. The second kappa shape index (κ2) is 5.71. The Labute approximate surface area is 102 Å². The summed E-state index contributed by atoms with van der Waals surface area (Å²) in [6, 6.07) is 7.57. The van der Waals surface area contributed by atoms with Crippen LogP contribution < -0.4 is 5.32 Å². The smallest absolute Gasteiger partial charge is 0.335 e. The van der Waals surface area contributed by atoms with Crippen molar-refractivity contribution < 1.29 is 9.90 Å². The fourth-order valence-electron chi connectivity index (χ4n) is 2.37. The van der Waals surface area contributed by atoms with Crippen LogP contribution in [-0.4, -0.2) is 17.1 Å². The third kappa shape index (κ3) is 3.48. The number of hydrogen-bond donors (Lipinski definition) is 2. The number of carboxylic acid groups (broad SMARTS) is 1. The van der Waals surface area contributed by atoms with Crippen molar-refractivity contribution in [1.29, 1.82) is 0 Å². The zero-order chi connectivity index (χ0) is 12.1. The molecule has 1 fully saturated rings. The molecule has 0 atom stereocenters. The summed E-state index contributed by atoms with van der Waals surface area (Å²) in [6.07, 6.45) is 7.73.